The van der Waals surface area contributed by atoms with E-state index in [1.165, 1.54) is 7.11 Å². The quantitative estimate of drug-likeness (QED) is 0.890. The van der Waals surface area contributed by atoms with Crippen molar-refractivity contribution >= 4 is 22.2 Å². The van der Waals surface area contributed by atoms with Gasteiger partial charge in [0.25, 0.3) is 0 Å². The molecule has 0 bridgehead atoms. The molecule has 0 aromatic heterocycles. The number of methoxy groups -OCH3 is 1. The summed E-state index contributed by atoms with van der Waals surface area (Å²) in [4.78, 5) is 4.04. The monoisotopic (exact) mass is 296 g/mol. The maximum Gasteiger partial charge on any atom is 0.352 e. The van der Waals surface area contributed by atoms with Gasteiger partial charge in [-0.15, -0.1) is 0 Å². The summed E-state index contributed by atoms with van der Waals surface area (Å²) in [6, 6.07) is 9.07. The zero-order valence-corrected chi connectivity index (χ0v) is 12.1. The van der Waals surface area contributed by atoms with Crippen molar-refractivity contribution in [2.45, 2.75) is 13.5 Å². The molecule has 0 saturated heterocycles. The molecule has 0 saturated carbocycles. The van der Waals surface area contributed by atoms with Gasteiger partial charge in [-0.05, 0) is 12.5 Å². The number of guanidine groups is 1. The summed E-state index contributed by atoms with van der Waals surface area (Å²) >= 11 is 0. The standard InChI is InChI=1S/C12H16N4O3S/c1-3-13-11-14-12(19-2)15-20(17,18)16(11)9-10-7-5-4-6-8-10/h4-8H,3,9H2,1-2H3,(H,13,14,15). The number of hydrogen-bond donors (Lipinski definition) is 1. The highest BCUT2D eigenvalue weighted by Crippen LogP contribution is 2.15. The Morgan fingerprint density at radius 1 is 1.30 bits per heavy atom. The van der Waals surface area contributed by atoms with Crippen molar-refractivity contribution in [2.75, 3.05) is 13.7 Å². The Balaban J connectivity index is 2.34. The number of benzene rings is 1. The number of amidine groups is 1. The van der Waals surface area contributed by atoms with E-state index in [0.717, 1.165) is 9.87 Å². The summed E-state index contributed by atoms with van der Waals surface area (Å²) in [5.74, 6) is 0.211. The van der Waals surface area contributed by atoms with Crippen molar-refractivity contribution in [2.24, 2.45) is 9.39 Å². The second-order valence-electron chi connectivity index (χ2n) is 4.01. The Labute approximate surface area is 118 Å². The van der Waals surface area contributed by atoms with Gasteiger partial charge in [-0.25, -0.2) is 4.31 Å². The number of nitrogens with zero attached hydrogens (tertiary/aromatic N) is 3. The first kappa shape index (κ1) is 14.3. The van der Waals surface area contributed by atoms with Crippen molar-refractivity contribution in [1.29, 1.82) is 0 Å². The molecule has 7 nitrogen and oxygen atoms in total. The summed E-state index contributed by atoms with van der Waals surface area (Å²) in [7, 11) is -2.52. The van der Waals surface area contributed by atoms with Crippen LogP contribution in [0.5, 0.6) is 0 Å². The van der Waals surface area contributed by atoms with E-state index in [1.807, 2.05) is 37.3 Å². The summed E-state index contributed by atoms with van der Waals surface area (Å²) in [5.41, 5.74) is 0.845. The minimum absolute atomic E-state index is 0.162. The van der Waals surface area contributed by atoms with Gasteiger partial charge < -0.3 is 10.1 Å². The highest BCUT2D eigenvalue weighted by Gasteiger charge is 2.30. The van der Waals surface area contributed by atoms with E-state index in [0.29, 0.717) is 6.54 Å². The van der Waals surface area contributed by atoms with Crippen molar-refractivity contribution < 1.29 is 13.2 Å². The van der Waals surface area contributed by atoms with Crippen molar-refractivity contribution in [3.05, 3.63) is 35.9 Å². The molecule has 108 valence electrons. The Hall–Kier alpha value is -2.09. The average Bonchev–Trinajstić information content (AvgIpc) is 2.43. The summed E-state index contributed by atoms with van der Waals surface area (Å²) in [5, 5.41) is 2.91. The van der Waals surface area contributed by atoms with Crippen molar-refractivity contribution in [3.63, 3.8) is 0 Å². The molecule has 1 aliphatic rings. The minimum atomic E-state index is -3.85. The van der Waals surface area contributed by atoms with Crippen LogP contribution in [0.1, 0.15) is 12.5 Å². The van der Waals surface area contributed by atoms with Crippen molar-refractivity contribution in [3.8, 4) is 0 Å². The molecular formula is C12H16N4O3S. The molecule has 1 N–H and O–H groups in total. The second kappa shape index (κ2) is 5.91. The van der Waals surface area contributed by atoms with Crippen LogP contribution in [-0.4, -0.2) is 38.4 Å². The van der Waals surface area contributed by atoms with Gasteiger partial charge in [0.05, 0.1) is 13.7 Å². The highest BCUT2D eigenvalue weighted by atomic mass is 32.2. The molecule has 0 unspecified atom stereocenters. The fourth-order valence-corrected chi connectivity index (χ4v) is 2.75. The zero-order valence-electron chi connectivity index (χ0n) is 11.3. The van der Waals surface area contributed by atoms with Crippen LogP contribution in [0.4, 0.5) is 0 Å². The van der Waals surface area contributed by atoms with Gasteiger partial charge in [0.15, 0.2) is 0 Å². The van der Waals surface area contributed by atoms with Gasteiger partial charge in [0.1, 0.15) is 0 Å². The predicted octanol–water partition coefficient (Wildman–Crippen LogP) is 0.715. The Morgan fingerprint density at radius 3 is 2.60 bits per heavy atom. The Bertz CT molecular complexity index is 625. The van der Waals surface area contributed by atoms with Gasteiger partial charge in [-0.1, -0.05) is 34.7 Å². The fourth-order valence-electron chi connectivity index (χ4n) is 1.70. The molecule has 1 aromatic rings. The number of hydrogen-bond acceptors (Lipinski definition) is 5. The smallest absolute Gasteiger partial charge is 0.352 e. The van der Waals surface area contributed by atoms with Gasteiger partial charge in [-0.3, -0.25) is 0 Å². The fraction of sp³-hybridized carbons (Fsp3) is 0.333. The third-order valence-electron chi connectivity index (χ3n) is 2.60. The largest absolute Gasteiger partial charge is 0.466 e. The lowest BCUT2D eigenvalue weighted by molar-refractivity contribution is 0.392. The zero-order chi connectivity index (χ0) is 14.6. The van der Waals surface area contributed by atoms with Crippen LogP contribution in [0, 0.1) is 0 Å². The highest BCUT2D eigenvalue weighted by molar-refractivity contribution is 7.88. The first-order valence-corrected chi connectivity index (χ1v) is 7.49. The third kappa shape index (κ3) is 3.08. The summed E-state index contributed by atoms with van der Waals surface area (Å²) < 4.78 is 33.8. The second-order valence-corrected chi connectivity index (χ2v) is 5.53. The topological polar surface area (TPSA) is 83.4 Å². The number of aliphatic imine (C=N–C) groups is 1. The first-order valence-electron chi connectivity index (χ1n) is 6.10. The molecule has 0 aliphatic carbocycles. The number of rotatable bonds is 3. The SMILES string of the molecule is CCNC1=NC(OC)=NS(=O)(=O)N1Cc1ccccc1. The maximum absolute atomic E-state index is 12.2. The van der Waals surface area contributed by atoms with E-state index in [1.54, 1.807) is 0 Å². The molecule has 0 fully saturated rings. The Kier molecular flexibility index (Phi) is 4.23. The van der Waals surface area contributed by atoms with Gasteiger partial charge in [0, 0.05) is 6.54 Å². The first-order chi connectivity index (χ1) is 9.56. The molecule has 1 aliphatic heterocycles. The van der Waals surface area contributed by atoms with E-state index < -0.39 is 10.2 Å². The molecule has 0 amide bonds. The van der Waals surface area contributed by atoms with E-state index in [9.17, 15) is 8.42 Å². The number of nitrogens with one attached hydrogen (secondary N) is 1. The molecule has 20 heavy (non-hydrogen) atoms. The normalized spacial score (nSPS) is 17.2. The van der Waals surface area contributed by atoms with Crippen LogP contribution in [-0.2, 0) is 21.5 Å². The lowest BCUT2D eigenvalue weighted by Crippen LogP contribution is -2.46. The average molecular weight is 296 g/mol. The van der Waals surface area contributed by atoms with Crippen LogP contribution in [0.2, 0.25) is 0 Å². The molecule has 0 atom stereocenters. The molecule has 0 radical (unpaired) electrons. The molecule has 8 heteroatoms. The van der Waals surface area contributed by atoms with Gasteiger partial charge in [0.2, 0.25) is 5.96 Å². The molecule has 2 rings (SSSR count). The molecule has 1 aromatic carbocycles. The van der Waals surface area contributed by atoms with Crippen LogP contribution in [0.25, 0.3) is 0 Å². The Morgan fingerprint density at radius 2 is 2.00 bits per heavy atom. The van der Waals surface area contributed by atoms with Crippen LogP contribution >= 0.6 is 0 Å². The minimum Gasteiger partial charge on any atom is -0.466 e. The summed E-state index contributed by atoms with van der Waals surface area (Å²) in [6.07, 6.45) is 0. The van der Waals surface area contributed by atoms with Gasteiger partial charge >= 0.3 is 16.2 Å². The summed E-state index contributed by atoms with van der Waals surface area (Å²) in [6.45, 7) is 2.56. The third-order valence-corrected chi connectivity index (χ3v) is 3.84. The van der Waals surface area contributed by atoms with E-state index >= 15 is 0 Å². The maximum atomic E-state index is 12.2. The van der Waals surface area contributed by atoms with Crippen LogP contribution in [0.3, 0.4) is 0 Å². The van der Waals surface area contributed by atoms with Crippen LogP contribution < -0.4 is 5.32 Å². The predicted molar refractivity (Wildman–Crippen MR) is 76.5 cm³/mol. The van der Waals surface area contributed by atoms with Crippen molar-refractivity contribution in [1.82, 2.24) is 9.62 Å². The molecule has 0 spiro atoms. The van der Waals surface area contributed by atoms with E-state index in [4.69, 9.17) is 4.74 Å². The molecular weight excluding hydrogens is 280 g/mol. The van der Waals surface area contributed by atoms with E-state index in [-0.39, 0.29) is 18.5 Å². The van der Waals surface area contributed by atoms with Gasteiger partial charge in [-0.2, -0.15) is 13.4 Å². The molecule has 1 heterocycles. The van der Waals surface area contributed by atoms with E-state index in [2.05, 4.69) is 14.7 Å². The number of ether oxygens (including phenoxy) is 1. The lowest BCUT2D eigenvalue weighted by atomic mass is 10.2. The lowest BCUT2D eigenvalue weighted by Gasteiger charge is -2.26. The van der Waals surface area contributed by atoms with Crippen LogP contribution in [0.15, 0.2) is 39.7 Å².